The highest BCUT2D eigenvalue weighted by Gasteiger charge is 2.52. The minimum Gasteiger partial charge on any atom is -0.399 e. The number of amides is 4. The summed E-state index contributed by atoms with van der Waals surface area (Å²) in [6.45, 7) is 8.02. The van der Waals surface area contributed by atoms with Crippen LogP contribution < -0.4 is 25.9 Å². The summed E-state index contributed by atoms with van der Waals surface area (Å²) in [6.07, 6.45) is 15.1. The Morgan fingerprint density at radius 2 is 1.11 bits per heavy atom. The van der Waals surface area contributed by atoms with E-state index in [0.29, 0.717) is 50.7 Å². The quantitative estimate of drug-likeness (QED) is 0.128. The van der Waals surface area contributed by atoms with Crippen molar-refractivity contribution in [3.05, 3.63) is 166 Å². The van der Waals surface area contributed by atoms with Gasteiger partial charge in [-0.15, -0.1) is 0 Å². The van der Waals surface area contributed by atoms with E-state index in [9.17, 15) is 19.2 Å². The average molecular weight is 1080 g/mol. The van der Waals surface area contributed by atoms with E-state index in [4.69, 9.17) is 19.8 Å². The highest BCUT2D eigenvalue weighted by atomic mass is 79.9. The summed E-state index contributed by atoms with van der Waals surface area (Å²) in [5.41, 5.74) is 5.82. The molecule has 1 aromatic carbocycles. The number of carbonyl (C=O) groups is 4. The van der Waals surface area contributed by atoms with Crippen molar-refractivity contribution in [3.8, 4) is 23.4 Å². The molecule has 21 heteroatoms. The van der Waals surface area contributed by atoms with Crippen molar-refractivity contribution < 1.29 is 28.5 Å². The normalized spacial score (nSPS) is 15.0. The smallest absolute Gasteiger partial charge is 0.399 e. The molecule has 8 aromatic rings. The number of hydrogen-bond donors (Lipinski definition) is 2. The van der Waals surface area contributed by atoms with E-state index in [1.165, 1.54) is 18.6 Å². The number of benzene rings is 1. The molecule has 8 heterocycles. The van der Waals surface area contributed by atoms with Gasteiger partial charge in [0.15, 0.2) is 0 Å². The van der Waals surface area contributed by atoms with Crippen LogP contribution in [0.2, 0.25) is 0 Å². The fraction of sp³-hybridized carbons (Fsp3) is 0.255. The number of pyridine rings is 5. The molecule has 0 radical (unpaired) electrons. The third kappa shape index (κ3) is 11.1. The molecule has 11 rings (SSSR count). The van der Waals surface area contributed by atoms with E-state index in [2.05, 4.69) is 57.8 Å². The predicted molar refractivity (Wildman–Crippen MR) is 288 cm³/mol. The molecule has 382 valence electrons. The Bertz CT molecular complexity index is 3550. The van der Waals surface area contributed by atoms with Gasteiger partial charge in [-0.1, -0.05) is 15.9 Å². The number of nitriles is 2. The number of aromatic nitrogens is 7. The third-order valence-corrected chi connectivity index (χ3v) is 14.0. The van der Waals surface area contributed by atoms with Crippen LogP contribution in [0.25, 0.3) is 22.3 Å². The first-order chi connectivity index (χ1) is 36.5. The van der Waals surface area contributed by atoms with Gasteiger partial charge in [0.2, 0.25) is 0 Å². The molecule has 7 aromatic heterocycles. The molecule has 0 unspecified atom stereocenters. The van der Waals surface area contributed by atoms with Crippen molar-refractivity contribution >= 4 is 74.8 Å². The molecule has 19 nitrogen and oxygen atoms in total. The van der Waals surface area contributed by atoms with E-state index in [-0.39, 0.29) is 35.7 Å². The van der Waals surface area contributed by atoms with Crippen LogP contribution in [0.1, 0.15) is 106 Å². The van der Waals surface area contributed by atoms with Gasteiger partial charge in [0, 0.05) is 95.5 Å². The molecule has 0 bridgehead atoms. The number of carbonyl (C=O) groups excluding carboxylic acids is 4. The van der Waals surface area contributed by atoms with E-state index in [1.54, 1.807) is 124 Å². The molecule has 2 N–H and O–H groups in total. The highest BCUT2D eigenvalue weighted by Crippen LogP contribution is 2.38. The molecular formula is C55H51BBrN13O6. The van der Waals surface area contributed by atoms with Gasteiger partial charge in [0.05, 0.1) is 50.8 Å². The summed E-state index contributed by atoms with van der Waals surface area (Å²) in [7, 11) is 2.62. The van der Waals surface area contributed by atoms with Crippen LogP contribution in [0.4, 0.5) is 11.6 Å². The standard InChI is InChI=1S/C24H19N7O2.C23H24BN5O3.C8H8BrNO/c1-26-23(32)17-3-6-20(27-13-17)19-14-29-30-9-8-16(10-21(19)30)24(33)31(18-4-5-18)22-7-2-15(11-25)12-28-22;1-22(2)23(3,4)32-24(31-22)18-14-27-28-10-9-16(11-19(18)28)21(30)29(17-6-7-17)20-8-5-15(12-25)13-26-20;1-10-8(11)6-2-4-7(9)5-3-6/h2-3,6-10,12-14,18H,4-5H2,1H3,(H,26,32);5,8-11,13-14,17H,6-7H2,1-4H3;2-5H,1H3,(H,10,11). The van der Waals surface area contributed by atoms with Crippen molar-refractivity contribution in [2.75, 3.05) is 23.9 Å². The summed E-state index contributed by atoms with van der Waals surface area (Å²) in [4.78, 5) is 66.3. The zero-order valence-corrected chi connectivity index (χ0v) is 44.0. The van der Waals surface area contributed by atoms with Gasteiger partial charge in [0.1, 0.15) is 23.8 Å². The molecule has 3 aliphatic rings. The second kappa shape index (κ2) is 21.7. The summed E-state index contributed by atoms with van der Waals surface area (Å²) in [5.74, 6) is 0.522. The molecule has 2 aliphatic carbocycles. The minimum absolute atomic E-state index is 0.0579. The Balaban J connectivity index is 0.000000155. The average Bonchev–Trinajstić information content (AvgIpc) is 4.36. The van der Waals surface area contributed by atoms with Crippen molar-refractivity contribution in [1.29, 1.82) is 10.5 Å². The number of fused-ring (bicyclic) bond motifs is 2. The van der Waals surface area contributed by atoms with Gasteiger partial charge in [-0.2, -0.15) is 20.7 Å². The Morgan fingerprint density at radius 3 is 1.57 bits per heavy atom. The lowest BCUT2D eigenvalue weighted by molar-refractivity contribution is 0.00578. The molecule has 76 heavy (non-hydrogen) atoms. The number of nitrogens with zero attached hydrogens (tertiary/aromatic N) is 11. The Hall–Kier alpha value is -8.63. The number of nitrogens with one attached hydrogen (secondary N) is 2. The molecule has 0 spiro atoms. The zero-order chi connectivity index (χ0) is 53.9. The van der Waals surface area contributed by atoms with Crippen LogP contribution >= 0.6 is 15.9 Å². The fourth-order valence-electron chi connectivity index (χ4n) is 8.22. The van der Waals surface area contributed by atoms with Gasteiger partial charge in [-0.05, 0) is 138 Å². The van der Waals surface area contributed by atoms with Gasteiger partial charge < -0.3 is 19.9 Å². The van der Waals surface area contributed by atoms with E-state index < -0.39 is 18.3 Å². The first kappa shape index (κ1) is 52.2. The molecule has 3 fully saturated rings. The van der Waals surface area contributed by atoms with E-state index in [1.807, 2.05) is 52.0 Å². The molecule has 1 aliphatic heterocycles. The molecule has 1 saturated heterocycles. The van der Waals surface area contributed by atoms with Crippen LogP contribution in [0, 0.1) is 22.7 Å². The minimum atomic E-state index is -0.567. The topological polar surface area (TPSA) is 238 Å². The molecular weight excluding hydrogens is 1030 g/mol. The summed E-state index contributed by atoms with van der Waals surface area (Å²) in [5, 5.41) is 32.0. The molecule has 2 saturated carbocycles. The second-order valence-electron chi connectivity index (χ2n) is 19.2. The maximum absolute atomic E-state index is 13.5. The molecule has 4 amide bonds. The van der Waals surface area contributed by atoms with Crippen molar-refractivity contribution in [3.63, 3.8) is 0 Å². The first-order valence-corrected chi connectivity index (χ1v) is 25.2. The molecule has 0 atom stereocenters. The van der Waals surface area contributed by atoms with Gasteiger partial charge in [-0.3, -0.25) is 34.0 Å². The lowest BCUT2D eigenvalue weighted by Gasteiger charge is -2.32. The maximum atomic E-state index is 13.5. The number of anilines is 2. The SMILES string of the molecule is CC1(C)OB(c2cnn3ccc(C(=O)N(c4ccc(C#N)cn4)C4CC4)cc23)OC1(C)C.CNC(=O)c1ccc(-c2cnn3ccc(C(=O)N(c4ccc(C#N)cn4)C4CC4)cc23)nc1.CNC(=O)c1ccc(Br)cc1. The van der Waals surface area contributed by atoms with Gasteiger partial charge >= 0.3 is 7.12 Å². The Morgan fingerprint density at radius 1 is 0.618 bits per heavy atom. The fourth-order valence-corrected chi connectivity index (χ4v) is 8.48. The summed E-state index contributed by atoms with van der Waals surface area (Å²) >= 11 is 3.28. The first-order valence-electron chi connectivity index (χ1n) is 24.4. The highest BCUT2D eigenvalue weighted by molar-refractivity contribution is 9.10. The second-order valence-corrected chi connectivity index (χ2v) is 20.1. The monoisotopic (exact) mass is 1080 g/mol. The third-order valence-electron chi connectivity index (χ3n) is 13.4. The zero-order valence-electron chi connectivity index (χ0n) is 42.4. The van der Waals surface area contributed by atoms with Crippen LogP contribution in [-0.4, -0.2) is 102 Å². The van der Waals surface area contributed by atoms with Crippen molar-refractivity contribution in [1.82, 2.24) is 44.8 Å². The van der Waals surface area contributed by atoms with Crippen LogP contribution in [-0.2, 0) is 9.31 Å². The maximum Gasteiger partial charge on any atom is 0.498 e. The van der Waals surface area contributed by atoms with Crippen LogP contribution in [0.3, 0.4) is 0 Å². The van der Waals surface area contributed by atoms with Gasteiger partial charge in [0.25, 0.3) is 23.6 Å². The number of rotatable bonds is 10. The number of hydrogen-bond acceptors (Lipinski definition) is 13. The largest absolute Gasteiger partial charge is 0.498 e. The number of halogens is 1. The van der Waals surface area contributed by atoms with E-state index >= 15 is 0 Å². The van der Waals surface area contributed by atoms with Crippen LogP contribution in [0.15, 0.2) is 133 Å². The summed E-state index contributed by atoms with van der Waals surface area (Å²) < 4.78 is 16.8. The summed E-state index contributed by atoms with van der Waals surface area (Å²) in [6, 6.07) is 28.9. The van der Waals surface area contributed by atoms with Crippen molar-refractivity contribution in [2.24, 2.45) is 0 Å². The van der Waals surface area contributed by atoms with Gasteiger partial charge in [-0.25, -0.2) is 19.0 Å². The van der Waals surface area contributed by atoms with E-state index in [0.717, 1.165) is 52.2 Å². The van der Waals surface area contributed by atoms with Crippen LogP contribution in [0.5, 0.6) is 0 Å². The van der Waals surface area contributed by atoms with Crippen molar-refractivity contribution in [2.45, 2.75) is 76.7 Å². The Kier molecular flexibility index (Phi) is 14.9. The Labute approximate surface area is 446 Å². The predicted octanol–water partition coefficient (Wildman–Crippen LogP) is 7.35. The lowest BCUT2D eigenvalue weighted by atomic mass is 9.80. The lowest BCUT2D eigenvalue weighted by Crippen LogP contribution is -2.41.